The molecule has 128 valence electrons. The number of carbonyl (C=O) groups is 3. The van der Waals surface area contributed by atoms with Crippen molar-refractivity contribution >= 4 is 34.8 Å². The molecule has 0 saturated heterocycles. The van der Waals surface area contributed by atoms with Crippen molar-refractivity contribution in [1.29, 1.82) is 0 Å². The second-order valence-electron chi connectivity index (χ2n) is 6.55. The summed E-state index contributed by atoms with van der Waals surface area (Å²) in [5.41, 5.74) is 2.73. The highest BCUT2D eigenvalue weighted by Crippen LogP contribution is 2.38. The minimum Gasteiger partial charge on any atom is -0.326 e. The molecule has 0 saturated carbocycles. The first-order chi connectivity index (χ1) is 11.8. The van der Waals surface area contributed by atoms with Crippen molar-refractivity contribution in [3.05, 3.63) is 53.6 Å². The Morgan fingerprint density at radius 3 is 2.24 bits per heavy atom. The van der Waals surface area contributed by atoms with E-state index in [9.17, 15) is 14.4 Å². The molecule has 3 N–H and O–H groups in total. The van der Waals surface area contributed by atoms with Crippen molar-refractivity contribution in [2.75, 3.05) is 16.0 Å². The minimum absolute atomic E-state index is 0.0560. The molecule has 2 aromatic rings. The third kappa shape index (κ3) is 3.24. The fourth-order valence-electron chi connectivity index (χ4n) is 2.76. The zero-order chi connectivity index (χ0) is 18.2. The van der Waals surface area contributed by atoms with E-state index in [0.717, 1.165) is 11.3 Å². The number of rotatable bonds is 3. The van der Waals surface area contributed by atoms with Crippen LogP contribution in [0.1, 0.15) is 36.7 Å². The summed E-state index contributed by atoms with van der Waals surface area (Å²) in [7, 11) is 0. The molecule has 0 atom stereocenters. The third-order valence-corrected chi connectivity index (χ3v) is 4.23. The highest BCUT2D eigenvalue weighted by Gasteiger charge is 2.38. The second kappa shape index (κ2) is 6.05. The molecule has 0 aliphatic carbocycles. The maximum absolute atomic E-state index is 12.4. The van der Waals surface area contributed by atoms with Crippen LogP contribution in [-0.2, 0) is 15.0 Å². The molecule has 0 bridgehead atoms. The van der Waals surface area contributed by atoms with Gasteiger partial charge < -0.3 is 16.0 Å². The van der Waals surface area contributed by atoms with Crippen LogP contribution in [0.25, 0.3) is 0 Å². The molecular weight excluding hydrogens is 318 g/mol. The molecule has 0 spiro atoms. The summed E-state index contributed by atoms with van der Waals surface area (Å²) in [5, 5.41) is 8.32. The smallest absolute Gasteiger partial charge is 0.255 e. The Labute approximate surface area is 145 Å². The molecule has 1 aliphatic heterocycles. The largest absolute Gasteiger partial charge is 0.326 e. The lowest BCUT2D eigenvalue weighted by Crippen LogP contribution is -2.26. The summed E-state index contributed by atoms with van der Waals surface area (Å²) in [4.78, 5) is 35.4. The van der Waals surface area contributed by atoms with Crippen molar-refractivity contribution in [2.24, 2.45) is 0 Å². The Morgan fingerprint density at radius 1 is 0.960 bits per heavy atom. The van der Waals surface area contributed by atoms with E-state index in [0.29, 0.717) is 16.9 Å². The van der Waals surface area contributed by atoms with Gasteiger partial charge in [0.15, 0.2) is 0 Å². The Morgan fingerprint density at radius 2 is 1.60 bits per heavy atom. The number of fused-ring (bicyclic) bond motifs is 1. The van der Waals surface area contributed by atoms with Gasteiger partial charge in [-0.3, -0.25) is 14.4 Å². The fourth-order valence-corrected chi connectivity index (χ4v) is 2.76. The summed E-state index contributed by atoms with van der Waals surface area (Å²) < 4.78 is 0. The van der Waals surface area contributed by atoms with Crippen molar-refractivity contribution in [2.45, 2.75) is 26.2 Å². The van der Waals surface area contributed by atoms with Gasteiger partial charge in [-0.2, -0.15) is 0 Å². The lowest BCUT2D eigenvalue weighted by molar-refractivity contribution is -0.119. The first-order valence-corrected chi connectivity index (χ1v) is 7.92. The fraction of sp³-hybridized carbons (Fsp3) is 0.211. The van der Waals surface area contributed by atoms with Gasteiger partial charge in [0.1, 0.15) is 0 Å². The molecule has 1 aliphatic rings. The number of carbonyl (C=O) groups excluding carboxylic acids is 3. The van der Waals surface area contributed by atoms with Gasteiger partial charge in [0.2, 0.25) is 11.8 Å². The molecule has 0 aromatic heterocycles. The summed E-state index contributed by atoms with van der Waals surface area (Å²) in [6.45, 7) is 5.12. The first kappa shape index (κ1) is 16.7. The molecule has 2 aromatic carbocycles. The average Bonchev–Trinajstić information content (AvgIpc) is 2.77. The van der Waals surface area contributed by atoms with E-state index >= 15 is 0 Å². The van der Waals surface area contributed by atoms with Gasteiger partial charge in [-0.25, -0.2) is 0 Å². The number of hydrogen-bond donors (Lipinski definition) is 3. The second-order valence-corrected chi connectivity index (χ2v) is 6.55. The average molecular weight is 337 g/mol. The number of anilines is 3. The zero-order valence-electron chi connectivity index (χ0n) is 14.3. The Balaban J connectivity index is 1.77. The molecule has 0 radical (unpaired) electrons. The topological polar surface area (TPSA) is 87.3 Å². The van der Waals surface area contributed by atoms with Crippen LogP contribution in [-0.4, -0.2) is 17.7 Å². The van der Waals surface area contributed by atoms with E-state index in [1.165, 1.54) is 6.92 Å². The zero-order valence-corrected chi connectivity index (χ0v) is 14.3. The predicted octanol–water partition coefficient (Wildman–Crippen LogP) is 3.13. The number of amides is 3. The van der Waals surface area contributed by atoms with Crippen molar-refractivity contribution in [1.82, 2.24) is 0 Å². The van der Waals surface area contributed by atoms with Crippen molar-refractivity contribution in [3.63, 3.8) is 0 Å². The minimum atomic E-state index is -0.629. The van der Waals surface area contributed by atoms with Crippen LogP contribution in [0, 0.1) is 0 Å². The van der Waals surface area contributed by atoms with Gasteiger partial charge in [0, 0.05) is 29.5 Å². The van der Waals surface area contributed by atoms with Crippen LogP contribution in [0.3, 0.4) is 0 Å². The van der Waals surface area contributed by atoms with Crippen molar-refractivity contribution in [3.8, 4) is 0 Å². The predicted molar refractivity (Wildman–Crippen MR) is 96.8 cm³/mol. The van der Waals surface area contributed by atoms with Crippen LogP contribution in [0.15, 0.2) is 42.5 Å². The summed E-state index contributed by atoms with van der Waals surface area (Å²) in [5.74, 6) is -0.481. The van der Waals surface area contributed by atoms with Gasteiger partial charge in [-0.1, -0.05) is 0 Å². The number of benzene rings is 2. The molecule has 6 heteroatoms. The first-order valence-electron chi connectivity index (χ1n) is 7.92. The van der Waals surface area contributed by atoms with Crippen LogP contribution in [0.2, 0.25) is 0 Å². The summed E-state index contributed by atoms with van der Waals surface area (Å²) in [6, 6.07) is 12.0. The molecule has 0 unspecified atom stereocenters. The van der Waals surface area contributed by atoms with Gasteiger partial charge in [-0.05, 0) is 61.9 Å². The van der Waals surface area contributed by atoms with E-state index in [4.69, 9.17) is 0 Å². The van der Waals surface area contributed by atoms with Crippen LogP contribution >= 0.6 is 0 Å². The number of nitrogens with one attached hydrogen (secondary N) is 3. The normalized spacial score (nSPS) is 14.4. The van der Waals surface area contributed by atoms with Crippen LogP contribution < -0.4 is 16.0 Å². The van der Waals surface area contributed by atoms with Gasteiger partial charge in [0.25, 0.3) is 5.91 Å². The Kier molecular flexibility index (Phi) is 4.04. The molecule has 3 rings (SSSR count). The lowest BCUT2D eigenvalue weighted by Gasteiger charge is -2.16. The van der Waals surface area contributed by atoms with E-state index in [-0.39, 0.29) is 17.7 Å². The van der Waals surface area contributed by atoms with E-state index in [1.807, 2.05) is 19.9 Å². The molecular formula is C19H19N3O3. The Bertz CT molecular complexity index is 870. The van der Waals surface area contributed by atoms with E-state index in [2.05, 4.69) is 16.0 Å². The molecule has 1 heterocycles. The van der Waals surface area contributed by atoms with Gasteiger partial charge in [-0.15, -0.1) is 0 Å². The third-order valence-electron chi connectivity index (χ3n) is 4.23. The van der Waals surface area contributed by atoms with E-state index in [1.54, 1.807) is 36.4 Å². The maximum Gasteiger partial charge on any atom is 0.255 e. The summed E-state index contributed by atoms with van der Waals surface area (Å²) >= 11 is 0. The highest BCUT2D eigenvalue weighted by molar-refractivity contribution is 6.08. The molecule has 25 heavy (non-hydrogen) atoms. The SMILES string of the molecule is CC(=O)Nc1ccc(C(=O)Nc2ccc3c(c2)C(C)(C)C(=O)N3)cc1. The lowest BCUT2D eigenvalue weighted by atomic mass is 9.86. The molecule has 3 amide bonds. The maximum atomic E-state index is 12.4. The van der Waals surface area contributed by atoms with Crippen LogP contribution in [0.5, 0.6) is 0 Å². The monoisotopic (exact) mass is 337 g/mol. The molecule has 6 nitrogen and oxygen atoms in total. The number of hydrogen-bond acceptors (Lipinski definition) is 3. The van der Waals surface area contributed by atoms with Crippen molar-refractivity contribution < 1.29 is 14.4 Å². The quantitative estimate of drug-likeness (QED) is 0.804. The van der Waals surface area contributed by atoms with E-state index < -0.39 is 5.41 Å². The van der Waals surface area contributed by atoms with Gasteiger partial charge in [0.05, 0.1) is 5.41 Å². The summed E-state index contributed by atoms with van der Waals surface area (Å²) in [6.07, 6.45) is 0. The standard InChI is InChI=1S/C19H19N3O3/c1-11(23)20-13-6-4-12(5-7-13)17(24)21-14-8-9-16-15(10-14)19(2,3)18(25)22-16/h4-10H,1-3H3,(H,20,23)(H,21,24)(H,22,25). The van der Waals surface area contributed by atoms with Crippen LogP contribution in [0.4, 0.5) is 17.1 Å². The highest BCUT2D eigenvalue weighted by atomic mass is 16.2. The van der Waals surface area contributed by atoms with Gasteiger partial charge >= 0.3 is 0 Å². The molecule has 0 fully saturated rings. The Hall–Kier alpha value is -3.15.